The third-order valence-electron chi connectivity index (χ3n) is 6.18. The van der Waals surface area contributed by atoms with Gasteiger partial charge < -0.3 is 15.1 Å². The minimum absolute atomic E-state index is 0.0154. The van der Waals surface area contributed by atoms with Crippen LogP contribution in [0.1, 0.15) is 31.7 Å². The summed E-state index contributed by atoms with van der Waals surface area (Å²) < 4.78 is 2.22. The minimum atomic E-state index is 0.0154. The van der Waals surface area contributed by atoms with Crippen LogP contribution in [-0.2, 0) is 0 Å². The second-order valence-corrected chi connectivity index (χ2v) is 7.69. The smallest absolute Gasteiger partial charge is 0.321 e. The number of anilines is 1. The van der Waals surface area contributed by atoms with E-state index in [4.69, 9.17) is 5.10 Å². The molecule has 1 aromatic heterocycles. The lowest BCUT2D eigenvalue weighted by molar-refractivity contribution is 0.0534. The van der Waals surface area contributed by atoms with Crippen LogP contribution in [0.2, 0.25) is 0 Å². The number of carbonyl (C=O) groups is 1. The highest BCUT2D eigenvalue weighted by molar-refractivity contribution is 5.92. The number of nitrogens with one attached hydrogen (secondary N) is 1. The van der Waals surface area contributed by atoms with Crippen molar-refractivity contribution in [1.29, 1.82) is 0 Å². The van der Waals surface area contributed by atoms with Crippen molar-refractivity contribution in [1.82, 2.24) is 19.6 Å². The van der Waals surface area contributed by atoms with Gasteiger partial charge in [-0.3, -0.25) is 4.68 Å². The van der Waals surface area contributed by atoms with E-state index < -0.39 is 0 Å². The van der Waals surface area contributed by atoms with Gasteiger partial charge >= 0.3 is 6.03 Å². The number of urea groups is 1. The molecule has 4 saturated heterocycles. The summed E-state index contributed by atoms with van der Waals surface area (Å²) in [6.45, 7) is 5.34. The lowest BCUT2D eigenvalue weighted by atomic mass is 9.84. The Labute approximate surface area is 147 Å². The molecule has 0 radical (unpaired) electrons. The average molecular weight is 339 g/mol. The molecule has 0 spiro atoms. The number of hydrogen-bond acceptors (Lipinski definition) is 3. The number of amides is 2. The molecule has 4 aliphatic heterocycles. The first-order chi connectivity index (χ1) is 12.3. The van der Waals surface area contributed by atoms with Crippen LogP contribution in [-0.4, -0.2) is 58.3 Å². The highest BCUT2D eigenvalue weighted by Gasteiger charge is 2.36. The van der Waals surface area contributed by atoms with Crippen LogP contribution < -0.4 is 5.32 Å². The van der Waals surface area contributed by atoms with Gasteiger partial charge in [-0.15, -0.1) is 0 Å². The van der Waals surface area contributed by atoms with Gasteiger partial charge in [-0.1, -0.05) is 0 Å². The normalized spacial score (nSPS) is 28.6. The van der Waals surface area contributed by atoms with Crippen molar-refractivity contribution in [3.05, 3.63) is 24.4 Å². The van der Waals surface area contributed by atoms with Gasteiger partial charge in [0.15, 0.2) is 0 Å². The molecule has 2 amide bonds. The highest BCUT2D eigenvalue weighted by Crippen LogP contribution is 2.37. The van der Waals surface area contributed by atoms with Gasteiger partial charge in [0.25, 0.3) is 0 Å². The largest absolute Gasteiger partial charge is 0.325 e. The minimum Gasteiger partial charge on any atom is -0.325 e. The summed E-state index contributed by atoms with van der Waals surface area (Å²) in [5, 5.41) is 8.84. The number of aromatic nitrogens is 2. The van der Waals surface area contributed by atoms with Crippen molar-refractivity contribution in [2.24, 2.45) is 5.92 Å². The number of piperidine rings is 3. The maximum Gasteiger partial charge on any atom is 0.321 e. The van der Waals surface area contributed by atoms with Gasteiger partial charge in [0.2, 0.25) is 0 Å². The molecular formula is C19H25N5O. The van der Waals surface area contributed by atoms with Crippen LogP contribution in [0.15, 0.2) is 24.4 Å². The molecule has 5 heterocycles. The Bertz CT molecular complexity index is 786. The molecule has 6 heteroatoms. The molecular weight excluding hydrogens is 314 g/mol. The Hall–Kier alpha value is -2.08. The average Bonchev–Trinajstić information content (AvgIpc) is 3.32. The Morgan fingerprint density at radius 3 is 2.64 bits per heavy atom. The molecule has 6 rings (SSSR count). The fraction of sp³-hybridized carbons (Fsp3) is 0.579. The standard InChI is InChI=1S/C19H25N5O/c25-19(23-7-1-2-8-23)21-16-3-4-17-15(11-16)12-20-24(17)18-13-22-9-5-14(18)6-10-22/h3-4,11-12,14,18H,1-2,5-10,13H2,(H,21,25)/t18-/m1/s1. The molecule has 4 aliphatic rings. The van der Waals surface area contributed by atoms with E-state index >= 15 is 0 Å². The van der Waals surface area contributed by atoms with Crippen molar-refractivity contribution < 1.29 is 4.79 Å². The van der Waals surface area contributed by atoms with E-state index in [0.717, 1.165) is 49.5 Å². The molecule has 0 unspecified atom stereocenters. The SMILES string of the molecule is O=C(Nc1ccc2c(cnn2[C@@H]2CN3CCC2CC3)c1)N1CCCC1. The number of likely N-dealkylation sites (tertiary alicyclic amines) is 1. The van der Waals surface area contributed by atoms with Crippen molar-refractivity contribution in [3.8, 4) is 0 Å². The Morgan fingerprint density at radius 2 is 1.92 bits per heavy atom. The molecule has 25 heavy (non-hydrogen) atoms. The topological polar surface area (TPSA) is 53.4 Å². The monoisotopic (exact) mass is 339 g/mol. The predicted molar refractivity (Wildman–Crippen MR) is 97.8 cm³/mol. The fourth-order valence-corrected chi connectivity index (χ4v) is 4.73. The molecule has 1 aromatic carbocycles. The number of nitrogens with zero attached hydrogens (tertiary/aromatic N) is 4. The van der Waals surface area contributed by atoms with Gasteiger partial charge in [-0.2, -0.15) is 5.10 Å². The van der Waals surface area contributed by atoms with Crippen molar-refractivity contribution in [3.63, 3.8) is 0 Å². The van der Waals surface area contributed by atoms with Crippen LogP contribution >= 0.6 is 0 Å². The van der Waals surface area contributed by atoms with Crippen molar-refractivity contribution in [2.45, 2.75) is 31.7 Å². The summed E-state index contributed by atoms with van der Waals surface area (Å²) in [5.74, 6) is 0.752. The molecule has 2 bridgehead atoms. The molecule has 1 atom stereocenters. The van der Waals surface area contributed by atoms with Crippen molar-refractivity contribution in [2.75, 3.05) is 38.0 Å². The second kappa shape index (κ2) is 6.02. The van der Waals surface area contributed by atoms with Crippen LogP contribution in [0.3, 0.4) is 0 Å². The van der Waals surface area contributed by atoms with E-state index in [9.17, 15) is 4.79 Å². The number of hydrogen-bond donors (Lipinski definition) is 1. The Morgan fingerprint density at radius 1 is 1.12 bits per heavy atom. The van der Waals surface area contributed by atoms with E-state index in [-0.39, 0.29) is 6.03 Å². The van der Waals surface area contributed by atoms with Gasteiger partial charge in [0, 0.05) is 30.7 Å². The van der Waals surface area contributed by atoms with Gasteiger partial charge in [-0.25, -0.2) is 4.79 Å². The molecule has 6 nitrogen and oxygen atoms in total. The lowest BCUT2D eigenvalue weighted by Gasteiger charge is -2.44. The first-order valence-electron chi connectivity index (χ1n) is 9.53. The third-order valence-corrected chi connectivity index (χ3v) is 6.18. The van der Waals surface area contributed by atoms with Crippen molar-refractivity contribution >= 4 is 22.6 Å². The van der Waals surface area contributed by atoms with Gasteiger partial charge in [0.05, 0.1) is 17.8 Å². The zero-order chi connectivity index (χ0) is 16.8. The molecule has 1 N–H and O–H groups in total. The summed E-state index contributed by atoms with van der Waals surface area (Å²) in [5.41, 5.74) is 2.04. The van der Waals surface area contributed by atoms with E-state index in [1.807, 2.05) is 23.2 Å². The summed E-state index contributed by atoms with van der Waals surface area (Å²) in [4.78, 5) is 16.7. The summed E-state index contributed by atoms with van der Waals surface area (Å²) in [7, 11) is 0. The van der Waals surface area contributed by atoms with E-state index in [1.165, 1.54) is 31.4 Å². The number of rotatable bonds is 2. The fourth-order valence-electron chi connectivity index (χ4n) is 4.73. The quantitative estimate of drug-likeness (QED) is 0.915. The molecule has 2 aromatic rings. The summed E-state index contributed by atoms with van der Waals surface area (Å²) in [6.07, 6.45) is 6.74. The lowest BCUT2D eigenvalue weighted by Crippen LogP contribution is -2.48. The van der Waals surface area contributed by atoms with Crippen LogP contribution in [0.4, 0.5) is 10.5 Å². The molecule has 132 valence electrons. The first-order valence-corrected chi connectivity index (χ1v) is 9.53. The van der Waals surface area contributed by atoms with Gasteiger partial charge in [-0.05, 0) is 62.9 Å². The zero-order valence-electron chi connectivity index (χ0n) is 14.5. The zero-order valence-corrected chi connectivity index (χ0v) is 14.5. The highest BCUT2D eigenvalue weighted by atomic mass is 16.2. The second-order valence-electron chi connectivity index (χ2n) is 7.69. The number of carbonyl (C=O) groups excluding carboxylic acids is 1. The number of fused-ring (bicyclic) bond motifs is 4. The van der Waals surface area contributed by atoms with Gasteiger partial charge in [0.1, 0.15) is 0 Å². The predicted octanol–water partition coefficient (Wildman–Crippen LogP) is 2.93. The maximum absolute atomic E-state index is 12.3. The first kappa shape index (κ1) is 15.2. The summed E-state index contributed by atoms with van der Waals surface area (Å²) in [6, 6.07) is 6.68. The summed E-state index contributed by atoms with van der Waals surface area (Å²) >= 11 is 0. The van der Waals surface area contributed by atoms with E-state index in [0.29, 0.717) is 6.04 Å². The third kappa shape index (κ3) is 2.68. The van der Waals surface area contributed by atoms with Crippen LogP contribution in [0, 0.1) is 5.92 Å². The van der Waals surface area contributed by atoms with Crippen LogP contribution in [0.25, 0.3) is 10.9 Å². The molecule has 4 fully saturated rings. The number of benzene rings is 1. The van der Waals surface area contributed by atoms with E-state index in [2.05, 4.69) is 21.0 Å². The van der Waals surface area contributed by atoms with E-state index in [1.54, 1.807) is 0 Å². The Balaban J connectivity index is 1.38. The molecule has 0 aliphatic carbocycles. The Kier molecular flexibility index (Phi) is 3.66. The van der Waals surface area contributed by atoms with Crippen LogP contribution in [0.5, 0.6) is 0 Å². The maximum atomic E-state index is 12.3. The molecule has 0 saturated carbocycles.